The van der Waals surface area contributed by atoms with E-state index < -0.39 is 27.0 Å². The standard InChI is InChI=1S/C22H23F2N7O3S2/c1-30-17-14(16(28-30)19-26-27-20(35-19)18(23)24)8-13(36(32,33)29-22(10-25)2-3-22)9-15(17)31-11-21(12-31)4-6-34-7-5-21/h8-9,18,29H,2-7,11-12H2,1H3. The third-order valence-corrected chi connectivity index (χ3v) is 9.73. The fourth-order valence-corrected chi connectivity index (χ4v) is 7.19. The zero-order valence-corrected chi connectivity index (χ0v) is 21.0. The van der Waals surface area contributed by atoms with Gasteiger partial charge in [0.05, 0.1) is 22.2 Å². The molecule has 2 aliphatic heterocycles. The van der Waals surface area contributed by atoms with Crippen molar-refractivity contribution in [1.29, 1.82) is 5.26 Å². The molecule has 36 heavy (non-hydrogen) atoms. The first kappa shape index (κ1) is 23.7. The predicted octanol–water partition coefficient (Wildman–Crippen LogP) is 2.98. The van der Waals surface area contributed by atoms with Gasteiger partial charge in [0.15, 0.2) is 10.0 Å². The maximum Gasteiger partial charge on any atom is 0.291 e. The van der Waals surface area contributed by atoms with Crippen LogP contribution in [0.2, 0.25) is 0 Å². The summed E-state index contributed by atoms with van der Waals surface area (Å²) in [4.78, 5) is 2.12. The molecule has 1 spiro atoms. The number of hydrogen-bond acceptors (Lipinski definition) is 9. The van der Waals surface area contributed by atoms with Crippen LogP contribution in [-0.2, 0) is 21.8 Å². The van der Waals surface area contributed by atoms with Crippen molar-refractivity contribution in [3.05, 3.63) is 17.1 Å². The Morgan fingerprint density at radius 1 is 1.19 bits per heavy atom. The summed E-state index contributed by atoms with van der Waals surface area (Å²) in [5.41, 5.74) is 0.703. The Kier molecular flexibility index (Phi) is 5.35. The second-order valence-electron chi connectivity index (χ2n) is 9.82. The number of nitrogens with zero attached hydrogens (tertiary/aromatic N) is 6. The van der Waals surface area contributed by atoms with Crippen molar-refractivity contribution in [3.63, 3.8) is 0 Å². The summed E-state index contributed by atoms with van der Waals surface area (Å²) in [7, 11) is -2.31. The molecule has 10 nitrogen and oxygen atoms in total. The number of fused-ring (bicyclic) bond motifs is 1. The number of aromatic nitrogens is 4. The number of benzene rings is 1. The summed E-state index contributed by atoms with van der Waals surface area (Å²) < 4.78 is 62.8. The number of anilines is 1. The molecule has 1 N–H and O–H groups in total. The number of nitrogens with one attached hydrogen (secondary N) is 1. The third-order valence-electron chi connectivity index (χ3n) is 7.27. The normalized spacial score (nSPS) is 20.6. The third kappa shape index (κ3) is 3.85. The van der Waals surface area contributed by atoms with Gasteiger partial charge in [0.2, 0.25) is 10.0 Å². The van der Waals surface area contributed by atoms with Crippen molar-refractivity contribution in [3.8, 4) is 16.8 Å². The van der Waals surface area contributed by atoms with Gasteiger partial charge in [0, 0.05) is 44.2 Å². The van der Waals surface area contributed by atoms with Gasteiger partial charge < -0.3 is 9.64 Å². The molecule has 1 aromatic carbocycles. The number of hydrogen-bond donors (Lipinski definition) is 1. The first-order chi connectivity index (χ1) is 17.1. The molecule has 0 unspecified atom stereocenters. The van der Waals surface area contributed by atoms with Gasteiger partial charge in [0.1, 0.15) is 11.2 Å². The molecular formula is C22H23F2N7O3S2. The number of rotatable bonds is 6. The van der Waals surface area contributed by atoms with Crippen molar-refractivity contribution in [2.75, 3.05) is 31.2 Å². The smallest absolute Gasteiger partial charge is 0.291 e. The van der Waals surface area contributed by atoms with Crippen LogP contribution in [0, 0.1) is 16.7 Å². The summed E-state index contributed by atoms with van der Waals surface area (Å²) in [5, 5.41) is 21.7. The Hall–Kier alpha value is -2.73. The topological polar surface area (TPSA) is 126 Å². The van der Waals surface area contributed by atoms with Crippen LogP contribution < -0.4 is 9.62 Å². The fraction of sp³-hybridized carbons (Fsp3) is 0.545. The maximum atomic E-state index is 13.4. The SMILES string of the molecule is Cn1nc(-c2nnc(C(F)F)s2)c2cc(S(=O)(=O)NC3(C#N)CC3)cc(N3CC4(CCOCC4)C3)c21. The summed E-state index contributed by atoms with van der Waals surface area (Å²) in [6.45, 7) is 2.91. The molecule has 4 heterocycles. The first-order valence-electron chi connectivity index (χ1n) is 11.5. The zero-order valence-electron chi connectivity index (χ0n) is 19.4. The van der Waals surface area contributed by atoms with Crippen LogP contribution in [0.1, 0.15) is 37.1 Å². The summed E-state index contributed by atoms with van der Waals surface area (Å²) in [6.07, 6.45) is 0.0184. The van der Waals surface area contributed by atoms with Gasteiger partial charge in [-0.2, -0.15) is 15.1 Å². The van der Waals surface area contributed by atoms with Gasteiger partial charge in [-0.05, 0) is 37.8 Å². The Morgan fingerprint density at radius 2 is 1.92 bits per heavy atom. The average Bonchev–Trinajstić information content (AvgIpc) is 3.26. The largest absolute Gasteiger partial charge is 0.381 e. The predicted molar refractivity (Wildman–Crippen MR) is 127 cm³/mol. The van der Waals surface area contributed by atoms with Crippen molar-refractivity contribution in [2.45, 2.75) is 42.5 Å². The molecular weight excluding hydrogens is 512 g/mol. The number of sulfonamides is 1. The number of alkyl halides is 2. The van der Waals surface area contributed by atoms with E-state index in [1.807, 2.05) is 0 Å². The lowest BCUT2D eigenvalue weighted by atomic mass is 9.73. The van der Waals surface area contributed by atoms with Crippen molar-refractivity contribution in [2.24, 2.45) is 12.5 Å². The molecule has 0 amide bonds. The van der Waals surface area contributed by atoms with Crippen LogP contribution in [0.3, 0.4) is 0 Å². The molecule has 3 aliphatic rings. The quantitative estimate of drug-likeness (QED) is 0.511. The highest BCUT2D eigenvalue weighted by Gasteiger charge is 2.48. The Morgan fingerprint density at radius 3 is 2.53 bits per heavy atom. The van der Waals surface area contributed by atoms with Crippen LogP contribution in [0.5, 0.6) is 0 Å². The van der Waals surface area contributed by atoms with Gasteiger partial charge in [-0.15, -0.1) is 10.2 Å². The highest BCUT2D eigenvalue weighted by Crippen LogP contribution is 2.46. The van der Waals surface area contributed by atoms with Gasteiger partial charge >= 0.3 is 0 Å². The lowest BCUT2D eigenvalue weighted by Crippen LogP contribution is -2.58. The molecule has 6 rings (SSSR count). The zero-order chi connectivity index (χ0) is 25.3. The lowest BCUT2D eigenvalue weighted by molar-refractivity contribution is -0.000132. The summed E-state index contributed by atoms with van der Waals surface area (Å²) in [6, 6.07) is 5.14. The Balaban J connectivity index is 1.48. The second kappa shape index (κ2) is 8.14. The molecule has 0 radical (unpaired) electrons. The highest BCUT2D eigenvalue weighted by molar-refractivity contribution is 7.89. The van der Waals surface area contributed by atoms with E-state index in [9.17, 15) is 22.5 Å². The summed E-state index contributed by atoms with van der Waals surface area (Å²) in [5.74, 6) is 0. The Labute approximate surface area is 209 Å². The average molecular weight is 536 g/mol. The van der Waals surface area contributed by atoms with Crippen molar-refractivity contribution in [1.82, 2.24) is 24.7 Å². The molecule has 0 atom stereocenters. The number of aryl methyl sites for hydroxylation is 1. The van der Waals surface area contributed by atoms with Gasteiger partial charge in [0.25, 0.3) is 6.43 Å². The van der Waals surface area contributed by atoms with E-state index in [-0.39, 0.29) is 21.0 Å². The van der Waals surface area contributed by atoms with Crippen molar-refractivity contribution >= 4 is 38.0 Å². The van der Waals surface area contributed by atoms with E-state index in [1.54, 1.807) is 17.8 Å². The number of nitriles is 1. The lowest BCUT2D eigenvalue weighted by Gasteiger charge is -2.53. The van der Waals surface area contributed by atoms with Crippen molar-refractivity contribution < 1.29 is 21.9 Å². The number of ether oxygens (including phenoxy) is 1. The van der Waals surface area contributed by atoms with E-state index in [0.29, 0.717) is 42.6 Å². The monoisotopic (exact) mass is 535 g/mol. The molecule has 2 aromatic heterocycles. The minimum atomic E-state index is -4.04. The van der Waals surface area contributed by atoms with Crippen LogP contribution in [-0.4, -0.2) is 60.2 Å². The molecule has 0 bridgehead atoms. The molecule has 1 saturated carbocycles. The van der Waals surface area contributed by atoms with E-state index in [0.717, 1.165) is 37.3 Å². The minimum Gasteiger partial charge on any atom is -0.381 e. The molecule has 2 saturated heterocycles. The minimum absolute atomic E-state index is 0.00713. The van der Waals surface area contributed by atoms with Gasteiger partial charge in [-0.3, -0.25) is 4.68 Å². The van der Waals surface area contributed by atoms with Gasteiger partial charge in [-0.25, -0.2) is 17.2 Å². The summed E-state index contributed by atoms with van der Waals surface area (Å²) >= 11 is 0.727. The van der Waals surface area contributed by atoms with E-state index in [1.165, 1.54) is 6.07 Å². The van der Waals surface area contributed by atoms with E-state index >= 15 is 0 Å². The van der Waals surface area contributed by atoms with Crippen LogP contribution in [0.4, 0.5) is 14.5 Å². The van der Waals surface area contributed by atoms with Crippen LogP contribution in [0.25, 0.3) is 21.6 Å². The Bertz CT molecular complexity index is 1490. The number of halogens is 2. The van der Waals surface area contributed by atoms with E-state index in [4.69, 9.17) is 4.74 Å². The van der Waals surface area contributed by atoms with Crippen LogP contribution >= 0.6 is 11.3 Å². The molecule has 3 aromatic rings. The molecule has 1 aliphatic carbocycles. The maximum absolute atomic E-state index is 13.4. The molecule has 190 valence electrons. The fourth-order valence-electron chi connectivity index (χ4n) is 5.07. The van der Waals surface area contributed by atoms with Crippen LogP contribution in [0.15, 0.2) is 17.0 Å². The first-order valence-corrected chi connectivity index (χ1v) is 13.8. The molecule has 3 fully saturated rings. The van der Waals surface area contributed by atoms with E-state index in [2.05, 4.69) is 31.0 Å². The second-order valence-corrected chi connectivity index (χ2v) is 12.5. The molecule has 14 heteroatoms. The highest BCUT2D eigenvalue weighted by atomic mass is 32.2. The van der Waals surface area contributed by atoms with Gasteiger partial charge in [-0.1, -0.05) is 11.3 Å².